The zero-order chi connectivity index (χ0) is 16.6. The number of aromatic nitrogens is 1. The monoisotopic (exact) mass is 322 g/mol. The minimum absolute atomic E-state index is 0.281. The Hall–Kier alpha value is -1.87. The summed E-state index contributed by atoms with van der Waals surface area (Å²) in [6, 6.07) is 14.8. The van der Waals surface area contributed by atoms with Crippen molar-refractivity contribution in [3.05, 3.63) is 59.8 Å². The molecule has 4 rings (SSSR count). The average molecular weight is 322 g/mol. The van der Waals surface area contributed by atoms with E-state index in [1.165, 1.54) is 18.4 Å². The number of piperidine rings is 1. The van der Waals surface area contributed by atoms with Crippen molar-refractivity contribution < 1.29 is 5.11 Å². The number of benzene rings is 1. The van der Waals surface area contributed by atoms with E-state index >= 15 is 0 Å². The lowest BCUT2D eigenvalue weighted by molar-refractivity contribution is -0.0691. The number of anilines is 1. The molecule has 3 heteroatoms. The van der Waals surface area contributed by atoms with E-state index in [9.17, 15) is 5.11 Å². The van der Waals surface area contributed by atoms with Gasteiger partial charge in [0.15, 0.2) is 0 Å². The van der Waals surface area contributed by atoms with E-state index in [0.29, 0.717) is 6.04 Å². The molecule has 2 fully saturated rings. The van der Waals surface area contributed by atoms with Gasteiger partial charge in [-0.05, 0) is 43.4 Å². The summed E-state index contributed by atoms with van der Waals surface area (Å²) >= 11 is 0. The molecule has 126 valence electrons. The van der Waals surface area contributed by atoms with Gasteiger partial charge in [0.2, 0.25) is 0 Å². The van der Waals surface area contributed by atoms with Gasteiger partial charge in [-0.1, -0.05) is 49.2 Å². The summed E-state index contributed by atoms with van der Waals surface area (Å²) < 4.78 is 0. The summed E-state index contributed by atoms with van der Waals surface area (Å²) in [4.78, 5) is 7.13. The fourth-order valence-electron chi connectivity index (χ4n) is 4.81. The standard InChI is InChI=1S/C21H26N2O/c1-16-8-7-14-22-20(16)23-15-13-21(24,17-9-3-2-4-10-17)18-11-5-6-12-19(18)23/h2-4,7-10,14,18-19,24H,5-6,11-13,15H2,1H3/t18-,19+,21?/m1/s1. The highest BCUT2D eigenvalue weighted by Gasteiger charge is 2.49. The van der Waals surface area contributed by atoms with E-state index in [1.807, 2.05) is 30.5 Å². The molecule has 24 heavy (non-hydrogen) atoms. The summed E-state index contributed by atoms with van der Waals surface area (Å²) in [5, 5.41) is 11.6. The summed E-state index contributed by atoms with van der Waals surface area (Å²) in [7, 11) is 0. The predicted octanol–water partition coefficient (Wildman–Crippen LogP) is 4.05. The second kappa shape index (κ2) is 6.21. The van der Waals surface area contributed by atoms with Crippen LogP contribution in [0.2, 0.25) is 0 Å². The second-order valence-electron chi connectivity index (χ2n) is 7.34. The van der Waals surface area contributed by atoms with Crippen LogP contribution in [0, 0.1) is 12.8 Å². The van der Waals surface area contributed by atoms with Crippen molar-refractivity contribution in [2.45, 2.75) is 50.7 Å². The Labute approximate surface area is 144 Å². The van der Waals surface area contributed by atoms with Gasteiger partial charge < -0.3 is 10.0 Å². The van der Waals surface area contributed by atoms with Crippen LogP contribution in [0.1, 0.15) is 43.2 Å². The highest BCUT2D eigenvalue weighted by Crippen LogP contribution is 2.48. The van der Waals surface area contributed by atoms with Crippen molar-refractivity contribution >= 4 is 5.82 Å². The third-order valence-electron chi connectivity index (χ3n) is 6.00. The minimum Gasteiger partial charge on any atom is -0.385 e. The molecule has 0 amide bonds. The third-order valence-corrected chi connectivity index (χ3v) is 6.00. The maximum Gasteiger partial charge on any atom is 0.131 e. The van der Waals surface area contributed by atoms with Crippen LogP contribution in [0.15, 0.2) is 48.7 Å². The first kappa shape index (κ1) is 15.6. The van der Waals surface area contributed by atoms with Gasteiger partial charge in [-0.3, -0.25) is 0 Å². The molecule has 2 heterocycles. The Kier molecular flexibility index (Phi) is 4.05. The van der Waals surface area contributed by atoms with E-state index in [2.05, 4.69) is 35.0 Å². The Morgan fingerprint density at radius 2 is 1.88 bits per heavy atom. The number of hydrogen-bond acceptors (Lipinski definition) is 3. The highest BCUT2D eigenvalue weighted by atomic mass is 16.3. The van der Waals surface area contributed by atoms with Gasteiger partial charge in [-0.15, -0.1) is 0 Å². The van der Waals surface area contributed by atoms with Gasteiger partial charge in [0, 0.05) is 24.7 Å². The first-order valence-corrected chi connectivity index (χ1v) is 9.16. The summed E-state index contributed by atoms with van der Waals surface area (Å²) in [6.45, 7) is 3.00. The summed E-state index contributed by atoms with van der Waals surface area (Å²) in [5.74, 6) is 1.38. The smallest absolute Gasteiger partial charge is 0.131 e. The van der Waals surface area contributed by atoms with Crippen LogP contribution in [0.4, 0.5) is 5.82 Å². The molecule has 0 radical (unpaired) electrons. The molecule has 1 unspecified atom stereocenters. The molecule has 1 aliphatic carbocycles. The lowest BCUT2D eigenvalue weighted by atomic mass is 9.66. The topological polar surface area (TPSA) is 36.4 Å². The maximum absolute atomic E-state index is 11.6. The third kappa shape index (κ3) is 2.51. The number of fused-ring (bicyclic) bond motifs is 1. The van der Waals surface area contributed by atoms with E-state index in [-0.39, 0.29) is 5.92 Å². The Morgan fingerprint density at radius 3 is 2.67 bits per heavy atom. The SMILES string of the molecule is Cc1cccnc1N1CCC(O)(c2ccccc2)[C@@H]2CCCC[C@@H]21. The molecule has 3 atom stereocenters. The Bertz CT molecular complexity index is 702. The first-order valence-electron chi connectivity index (χ1n) is 9.16. The molecule has 1 saturated heterocycles. The molecular formula is C21H26N2O. The number of pyridine rings is 1. The number of nitrogens with zero attached hydrogens (tertiary/aromatic N) is 2. The summed E-state index contributed by atoms with van der Waals surface area (Å²) in [6.07, 6.45) is 7.36. The second-order valence-corrected chi connectivity index (χ2v) is 7.34. The normalized spacial score (nSPS) is 30.0. The van der Waals surface area contributed by atoms with Gasteiger partial charge in [-0.25, -0.2) is 4.98 Å². The van der Waals surface area contributed by atoms with Crippen LogP contribution in [0.3, 0.4) is 0 Å². The maximum atomic E-state index is 11.6. The molecule has 2 aliphatic rings. The number of hydrogen-bond donors (Lipinski definition) is 1. The molecule has 1 aromatic carbocycles. The zero-order valence-electron chi connectivity index (χ0n) is 14.4. The van der Waals surface area contributed by atoms with Gasteiger partial charge >= 0.3 is 0 Å². The van der Waals surface area contributed by atoms with Gasteiger partial charge in [0.05, 0.1) is 5.60 Å². The van der Waals surface area contributed by atoms with Crippen LogP contribution in [-0.2, 0) is 5.60 Å². The van der Waals surface area contributed by atoms with E-state index in [4.69, 9.17) is 0 Å². The molecule has 0 spiro atoms. The summed E-state index contributed by atoms with van der Waals surface area (Å²) in [5.41, 5.74) is 1.61. The first-order chi connectivity index (χ1) is 11.7. The van der Waals surface area contributed by atoms with Crippen molar-refractivity contribution in [3.8, 4) is 0 Å². The fourth-order valence-corrected chi connectivity index (χ4v) is 4.81. The molecule has 1 N–H and O–H groups in total. The van der Waals surface area contributed by atoms with Gasteiger partial charge in [0.25, 0.3) is 0 Å². The van der Waals surface area contributed by atoms with Gasteiger partial charge in [-0.2, -0.15) is 0 Å². The predicted molar refractivity (Wildman–Crippen MR) is 97.0 cm³/mol. The van der Waals surface area contributed by atoms with Crippen LogP contribution in [0.5, 0.6) is 0 Å². The molecule has 1 aliphatic heterocycles. The van der Waals surface area contributed by atoms with Crippen molar-refractivity contribution in [3.63, 3.8) is 0 Å². The highest BCUT2D eigenvalue weighted by molar-refractivity contribution is 5.48. The lowest BCUT2D eigenvalue weighted by Crippen LogP contribution is -2.58. The Balaban J connectivity index is 1.71. The van der Waals surface area contributed by atoms with Crippen LogP contribution < -0.4 is 4.90 Å². The molecular weight excluding hydrogens is 296 g/mol. The van der Waals surface area contributed by atoms with Crippen LogP contribution in [-0.4, -0.2) is 22.7 Å². The average Bonchev–Trinajstić information content (AvgIpc) is 2.64. The van der Waals surface area contributed by atoms with Crippen LogP contribution in [0.25, 0.3) is 0 Å². The van der Waals surface area contributed by atoms with Crippen LogP contribution >= 0.6 is 0 Å². The van der Waals surface area contributed by atoms with E-state index < -0.39 is 5.60 Å². The fraction of sp³-hybridized carbons (Fsp3) is 0.476. The largest absolute Gasteiger partial charge is 0.385 e. The molecule has 3 nitrogen and oxygen atoms in total. The quantitative estimate of drug-likeness (QED) is 0.906. The number of aryl methyl sites for hydroxylation is 1. The van der Waals surface area contributed by atoms with Crippen molar-refractivity contribution in [1.29, 1.82) is 0 Å². The Morgan fingerprint density at radius 1 is 1.08 bits per heavy atom. The van der Waals surface area contributed by atoms with Crippen molar-refractivity contribution in [1.82, 2.24) is 4.98 Å². The van der Waals surface area contributed by atoms with Crippen molar-refractivity contribution in [2.24, 2.45) is 5.92 Å². The van der Waals surface area contributed by atoms with Gasteiger partial charge in [0.1, 0.15) is 5.82 Å². The zero-order valence-corrected chi connectivity index (χ0v) is 14.4. The number of aliphatic hydroxyl groups is 1. The van der Waals surface area contributed by atoms with E-state index in [0.717, 1.165) is 37.2 Å². The van der Waals surface area contributed by atoms with E-state index in [1.54, 1.807) is 0 Å². The molecule has 2 aromatic rings. The molecule has 1 aromatic heterocycles. The molecule has 1 saturated carbocycles. The van der Waals surface area contributed by atoms with Crippen molar-refractivity contribution in [2.75, 3.05) is 11.4 Å². The number of rotatable bonds is 2. The lowest BCUT2D eigenvalue weighted by Gasteiger charge is -2.53. The minimum atomic E-state index is -0.703. The molecule has 0 bridgehead atoms.